The molecule has 6 heteroatoms. The smallest absolute Gasteiger partial charge is 0.228 e. The van der Waals surface area contributed by atoms with Gasteiger partial charge in [0.15, 0.2) is 0 Å². The SMILES string of the molecule is Cc1ccc(N2CC(C(=O)N3CCC(C(=O)Nc4cc(C)ccc4C)CC3)CC2=O)cc1. The molecule has 0 bridgehead atoms. The highest BCUT2D eigenvalue weighted by Crippen LogP contribution is 2.28. The van der Waals surface area contributed by atoms with Crippen LogP contribution in [0.5, 0.6) is 0 Å². The van der Waals surface area contributed by atoms with Crippen molar-refractivity contribution in [3.63, 3.8) is 0 Å². The number of hydrogen-bond donors (Lipinski definition) is 1. The van der Waals surface area contributed by atoms with Gasteiger partial charge in [-0.2, -0.15) is 0 Å². The van der Waals surface area contributed by atoms with E-state index in [4.69, 9.17) is 0 Å². The zero-order chi connectivity index (χ0) is 22.8. The van der Waals surface area contributed by atoms with E-state index in [1.54, 1.807) is 4.90 Å². The lowest BCUT2D eigenvalue weighted by atomic mass is 9.94. The van der Waals surface area contributed by atoms with Crippen LogP contribution in [0.1, 0.15) is 36.0 Å². The molecule has 0 aliphatic carbocycles. The molecule has 32 heavy (non-hydrogen) atoms. The average molecular weight is 434 g/mol. The van der Waals surface area contributed by atoms with Gasteiger partial charge < -0.3 is 15.1 Å². The van der Waals surface area contributed by atoms with E-state index < -0.39 is 0 Å². The first-order chi connectivity index (χ1) is 15.3. The van der Waals surface area contributed by atoms with E-state index in [0.29, 0.717) is 32.5 Å². The van der Waals surface area contributed by atoms with E-state index in [1.165, 1.54) is 0 Å². The van der Waals surface area contributed by atoms with E-state index in [2.05, 4.69) is 5.32 Å². The standard InChI is InChI=1S/C26H31N3O3/c1-17-5-8-22(9-6-17)29-16-21(15-24(29)30)26(32)28-12-10-20(11-13-28)25(31)27-23-14-18(2)4-7-19(23)3/h4-9,14,20-21H,10-13,15-16H2,1-3H3,(H,27,31). The van der Waals surface area contributed by atoms with Crippen LogP contribution in [0.3, 0.4) is 0 Å². The summed E-state index contributed by atoms with van der Waals surface area (Å²) in [5.74, 6) is -0.374. The number of nitrogens with zero attached hydrogens (tertiary/aromatic N) is 2. The fourth-order valence-electron chi connectivity index (χ4n) is 4.57. The Balaban J connectivity index is 1.31. The fourth-order valence-corrected chi connectivity index (χ4v) is 4.57. The highest BCUT2D eigenvalue weighted by atomic mass is 16.2. The summed E-state index contributed by atoms with van der Waals surface area (Å²) in [6.07, 6.45) is 1.54. The predicted molar refractivity (Wildman–Crippen MR) is 125 cm³/mol. The second kappa shape index (κ2) is 9.15. The van der Waals surface area contributed by atoms with E-state index >= 15 is 0 Å². The van der Waals surface area contributed by atoms with Gasteiger partial charge >= 0.3 is 0 Å². The van der Waals surface area contributed by atoms with Crippen molar-refractivity contribution < 1.29 is 14.4 Å². The topological polar surface area (TPSA) is 69.7 Å². The highest BCUT2D eigenvalue weighted by molar-refractivity contribution is 6.00. The molecule has 2 aliphatic rings. The van der Waals surface area contributed by atoms with E-state index in [9.17, 15) is 14.4 Å². The second-order valence-corrected chi connectivity index (χ2v) is 9.15. The maximum atomic E-state index is 13.1. The average Bonchev–Trinajstić information content (AvgIpc) is 3.18. The lowest BCUT2D eigenvalue weighted by Gasteiger charge is -2.33. The van der Waals surface area contributed by atoms with Gasteiger partial charge in [0.2, 0.25) is 17.7 Å². The fraction of sp³-hybridized carbons (Fsp3) is 0.423. The summed E-state index contributed by atoms with van der Waals surface area (Å²) >= 11 is 0. The monoisotopic (exact) mass is 433 g/mol. The van der Waals surface area contributed by atoms with Crippen molar-refractivity contribution in [1.29, 1.82) is 0 Å². The first kappa shape index (κ1) is 22.1. The van der Waals surface area contributed by atoms with Crippen molar-refractivity contribution in [2.45, 2.75) is 40.0 Å². The number of rotatable bonds is 4. The summed E-state index contributed by atoms with van der Waals surface area (Å²) in [5.41, 5.74) is 4.99. The molecule has 2 aromatic carbocycles. The number of aryl methyl sites for hydroxylation is 3. The number of likely N-dealkylation sites (tertiary alicyclic amines) is 1. The number of hydrogen-bond acceptors (Lipinski definition) is 3. The number of carbonyl (C=O) groups excluding carboxylic acids is 3. The molecule has 2 heterocycles. The molecule has 6 nitrogen and oxygen atoms in total. The van der Waals surface area contributed by atoms with Crippen LogP contribution in [-0.2, 0) is 14.4 Å². The lowest BCUT2D eigenvalue weighted by Crippen LogP contribution is -2.44. The van der Waals surface area contributed by atoms with Crippen molar-refractivity contribution >= 4 is 29.1 Å². The number of carbonyl (C=O) groups is 3. The Bertz CT molecular complexity index is 1020. The molecule has 4 rings (SSSR count). The highest BCUT2D eigenvalue weighted by Gasteiger charge is 2.38. The Hall–Kier alpha value is -3.15. The molecule has 1 atom stereocenters. The Kier molecular flexibility index (Phi) is 6.31. The Morgan fingerprint density at radius 1 is 0.906 bits per heavy atom. The van der Waals surface area contributed by atoms with E-state index in [1.807, 2.05) is 68.1 Å². The first-order valence-electron chi connectivity index (χ1n) is 11.4. The maximum absolute atomic E-state index is 13.1. The molecule has 0 radical (unpaired) electrons. The molecule has 2 aliphatic heterocycles. The van der Waals surface area contributed by atoms with E-state index in [-0.39, 0.29) is 36.0 Å². The third-order valence-corrected chi connectivity index (χ3v) is 6.65. The normalized spacial score (nSPS) is 19.3. The molecule has 0 aromatic heterocycles. The predicted octanol–water partition coefficient (Wildman–Crippen LogP) is 3.84. The summed E-state index contributed by atoms with van der Waals surface area (Å²) in [4.78, 5) is 41.9. The van der Waals surface area contributed by atoms with Crippen LogP contribution < -0.4 is 10.2 Å². The summed E-state index contributed by atoms with van der Waals surface area (Å²) in [6, 6.07) is 13.8. The third-order valence-electron chi connectivity index (χ3n) is 6.65. The van der Waals surface area contributed by atoms with Crippen LogP contribution in [0, 0.1) is 32.6 Å². The minimum atomic E-state index is -0.316. The number of amides is 3. The first-order valence-corrected chi connectivity index (χ1v) is 11.4. The van der Waals surface area contributed by atoms with Crippen molar-refractivity contribution in [3.8, 4) is 0 Å². The zero-order valence-corrected chi connectivity index (χ0v) is 19.1. The summed E-state index contributed by atoms with van der Waals surface area (Å²) in [7, 11) is 0. The van der Waals surface area contributed by atoms with Crippen LogP contribution in [-0.4, -0.2) is 42.3 Å². The quantitative estimate of drug-likeness (QED) is 0.796. The van der Waals surface area contributed by atoms with Crippen molar-refractivity contribution in [1.82, 2.24) is 4.90 Å². The molecule has 2 fully saturated rings. The Morgan fingerprint density at radius 3 is 2.25 bits per heavy atom. The molecule has 1 N–H and O–H groups in total. The van der Waals surface area contributed by atoms with Gasteiger partial charge in [-0.25, -0.2) is 0 Å². The molecule has 1 unspecified atom stereocenters. The van der Waals surface area contributed by atoms with Crippen LogP contribution in [0.15, 0.2) is 42.5 Å². The van der Waals surface area contributed by atoms with Gasteiger partial charge in [0.1, 0.15) is 0 Å². The van der Waals surface area contributed by atoms with Crippen LogP contribution >= 0.6 is 0 Å². The van der Waals surface area contributed by atoms with Crippen molar-refractivity contribution in [2.24, 2.45) is 11.8 Å². The van der Waals surface area contributed by atoms with Crippen LogP contribution in [0.2, 0.25) is 0 Å². The number of anilines is 2. The van der Waals surface area contributed by atoms with Crippen molar-refractivity contribution in [3.05, 3.63) is 59.2 Å². The van der Waals surface area contributed by atoms with Gasteiger partial charge in [0.05, 0.1) is 5.92 Å². The largest absolute Gasteiger partial charge is 0.342 e. The Labute approximate surface area is 189 Å². The zero-order valence-electron chi connectivity index (χ0n) is 19.1. The molecule has 0 spiro atoms. The van der Waals surface area contributed by atoms with Crippen LogP contribution in [0.25, 0.3) is 0 Å². The summed E-state index contributed by atoms with van der Waals surface area (Å²) < 4.78 is 0. The van der Waals surface area contributed by atoms with Crippen LogP contribution in [0.4, 0.5) is 11.4 Å². The van der Waals surface area contributed by atoms with Gasteiger partial charge in [0, 0.05) is 43.3 Å². The summed E-state index contributed by atoms with van der Waals surface area (Å²) in [6.45, 7) is 7.53. The number of piperidine rings is 1. The third kappa shape index (κ3) is 4.69. The minimum Gasteiger partial charge on any atom is -0.342 e. The number of benzene rings is 2. The van der Waals surface area contributed by atoms with Gasteiger partial charge in [-0.05, 0) is 62.9 Å². The van der Waals surface area contributed by atoms with Gasteiger partial charge in [-0.1, -0.05) is 29.8 Å². The summed E-state index contributed by atoms with van der Waals surface area (Å²) in [5, 5.41) is 3.06. The maximum Gasteiger partial charge on any atom is 0.228 e. The molecule has 2 aromatic rings. The number of nitrogens with one attached hydrogen (secondary N) is 1. The van der Waals surface area contributed by atoms with E-state index in [0.717, 1.165) is 28.1 Å². The molecular formula is C26H31N3O3. The van der Waals surface area contributed by atoms with Gasteiger partial charge in [-0.15, -0.1) is 0 Å². The van der Waals surface area contributed by atoms with Gasteiger partial charge in [-0.3, -0.25) is 14.4 Å². The molecular weight excluding hydrogens is 402 g/mol. The minimum absolute atomic E-state index is 0.00464. The molecule has 0 saturated carbocycles. The molecule has 2 saturated heterocycles. The lowest BCUT2D eigenvalue weighted by molar-refractivity contribution is -0.138. The second-order valence-electron chi connectivity index (χ2n) is 9.15. The van der Waals surface area contributed by atoms with Gasteiger partial charge in [0.25, 0.3) is 0 Å². The van der Waals surface area contributed by atoms with Crippen molar-refractivity contribution in [2.75, 3.05) is 29.9 Å². The molecule has 3 amide bonds. The molecule has 168 valence electrons. The Morgan fingerprint density at radius 2 is 1.56 bits per heavy atom.